The first-order valence-corrected chi connectivity index (χ1v) is 6.88. The van der Waals surface area contributed by atoms with Crippen LogP contribution in [-0.2, 0) is 12.4 Å². The third kappa shape index (κ3) is 3.71. The number of carbonyl (C=O) groups excluding carboxylic acids is 1. The van der Waals surface area contributed by atoms with Crippen LogP contribution in [0.15, 0.2) is 42.5 Å². The van der Waals surface area contributed by atoms with Crippen molar-refractivity contribution in [3.8, 4) is 0 Å². The molecule has 0 aliphatic carbocycles. The van der Waals surface area contributed by atoms with Crippen molar-refractivity contribution >= 4 is 29.1 Å². The Balaban J connectivity index is 1.98. The standard InChI is InChI=1S/C15H12Cl2FNO/c16-8-10-1-3-11(4-2-10)9-19-15(20)12-5-6-13(17)14(18)7-12/h1-7H,8-9H2,(H,19,20). The molecule has 2 aromatic rings. The quantitative estimate of drug-likeness (QED) is 0.844. The van der Waals surface area contributed by atoms with Crippen molar-refractivity contribution in [3.63, 3.8) is 0 Å². The summed E-state index contributed by atoms with van der Waals surface area (Å²) in [4.78, 5) is 11.9. The zero-order chi connectivity index (χ0) is 14.5. The van der Waals surface area contributed by atoms with Gasteiger partial charge in [-0.15, -0.1) is 11.6 Å². The lowest BCUT2D eigenvalue weighted by atomic mass is 10.1. The molecule has 0 aliphatic rings. The molecular formula is C15H12Cl2FNO. The molecule has 0 fully saturated rings. The van der Waals surface area contributed by atoms with Crippen LogP contribution in [-0.4, -0.2) is 5.91 Å². The van der Waals surface area contributed by atoms with Gasteiger partial charge in [-0.05, 0) is 29.3 Å². The molecule has 0 saturated carbocycles. The molecule has 0 bridgehead atoms. The lowest BCUT2D eigenvalue weighted by Crippen LogP contribution is -2.22. The van der Waals surface area contributed by atoms with Crippen LogP contribution >= 0.6 is 23.2 Å². The van der Waals surface area contributed by atoms with E-state index in [9.17, 15) is 9.18 Å². The van der Waals surface area contributed by atoms with E-state index in [-0.39, 0.29) is 16.5 Å². The lowest BCUT2D eigenvalue weighted by molar-refractivity contribution is 0.0950. The summed E-state index contributed by atoms with van der Waals surface area (Å²) in [6, 6.07) is 11.5. The van der Waals surface area contributed by atoms with Gasteiger partial charge in [0.05, 0.1) is 5.02 Å². The molecule has 20 heavy (non-hydrogen) atoms. The van der Waals surface area contributed by atoms with E-state index in [0.717, 1.165) is 17.2 Å². The number of alkyl halides is 1. The summed E-state index contributed by atoms with van der Waals surface area (Å²) in [6.07, 6.45) is 0. The number of benzene rings is 2. The predicted octanol–water partition coefficient (Wildman–Crippen LogP) is 4.15. The van der Waals surface area contributed by atoms with Crippen molar-refractivity contribution in [1.29, 1.82) is 0 Å². The van der Waals surface area contributed by atoms with E-state index < -0.39 is 5.82 Å². The maximum atomic E-state index is 13.3. The normalized spacial score (nSPS) is 10.3. The van der Waals surface area contributed by atoms with Crippen molar-refractivity contribution in [1.82, 2.24) is 5.32 Å². The van der Waals surface area contributed by atoms with Gasteiger partial charge in [0.15, 0.2) is 0 Å². The zero-order valence-electron chi connectivity index (χ0n) is 10.5. The molecule has 0 radical (unpaired) electrons. The summed E-state index contributed by atoms with van der Waals surface area (Å²) in [5.74, 6) is -0.496. The zero-order valence-corrected chi connectivity index (χ0v) is 12.0. The van der Waals surface area contributed by atoms with Gasteiger partial charge in [-0.3, -0.25) is 4.79 Å². The first-order chi connectivity index (χ1) is 9.60. The Labute approximate surface area is 126 Å². The van der Waals surface area contributed by atoms with Crippen molar-refractivity contribution in [2.24, 2.45) is 0 Å². The predicted molar refractivity (Wildman–Crippen MR) is 78.6 cm³/mol. The minimum atomic E-state index is -0.606. The number of hydrogen-bond acceptors (Lipinski definition) is 1. The molecule has 0 aliphatic heterocycles. The fourth-order valence-electron chi connectivity index (χ4n) is 1.67. The number of carbonyl (C=O) groups is 1. The monoisotopic (exact) mass is 311 g/mol. The van der Waals surface area contributed by atoms with Crippen LogP contribution in [0, 0.1) is 5.82 Å². The Morgan fingerprint density at radius 2 is 1.75 bits per heavy atom. The van der Waals surface area contributed by atoms with Crippen LogP contribution in [0.3, 0.4) is 0 Å². The molecule has 1 N–H and O–H groups in total. The second-order valence-electron chi connectivity index (χ2n) is 4.26. The lowest BCUT2D eigenvalue weighted by Gasteiger charge is -2.06. The second-order valence-corrected chi connectivity index (χ2v) is 4.94. The van der Waals surface area contributed by atoms with Crippen molar-refractivity contribution in [2.75, 3.05) is 0 Å². The van der Waals surface area contributed by atoms with Gasteiger partial charge in [-0.2, -0.15) is 0 Å². The highest BCUT2D eigenvalue weighted by Gasteiger charge is 2.08. The SMILES string of the molecule is O=C(NCc1ccc(CCl)cc1)c1ccc(Cl)c(F)c1. The fraction of sp³-hybridized carbons (Fsp3) is 0.133. The summed E-state index contributed by atoms with van der Waals surface area (Å²) < 4.78 is 13.3. The molecule has 0 spiro atoms. The van der Waals surface area contributed by atoms with Crippen LogP contribution in [0.5, 0.6) is 0 Å². The highest BCUT2D eigenvalue weighted by Crippen LogP contribution is 2.15. The maximum Gasteiger partial charge on any atom is 0.251 e. The molecule has 1 amide bonds. The van der Waals surface area contributed by atoms with Crippen LogP contribution in [0.1, 0.15) is 21.5 Å². The van der Waals surface area contributed by atoms with Gasteiger partial charge in [0.1, 0.15) is 5.82 Å². The molecule has 0 unspecified atom stereocenters. The van der Waals surface area contributed by atoms with Gasteiger partial charge in [0.25, 0.3) is 5.91 Å². The Kier molecular flexibility index (Phi) is 4.99. The van der Waals surface area contributed by atoms with Gasteiger partial charge >= 0.3 is 0 Å². The first kappa shape index (κ1) is 14.8. The average Bonchev–Trinajstić information content (AvgIpc) is 2.48. The number of amides is 1. The highest BCUT2D eigenvalue weighted by atomic mass is 35.5. The van der Waals surface area contributed by atoms with E-state index in [1.807, 2.05) is 24.3 Å². The minimum absolute atomic E-state index is 0.00165. The molecule has 2 rings (SSSR count). The topological polar surface area (TPSA) is 29.1 Å². The molecule has 104 valence electrons. The largest absolute Gasteiger partial charge is 0.348 e. The Morgan fingerprint density at radius 1 is 1.10 bits per heavy atom. The van der Waals surface area contributed by atoms with E-state index >= 15 is 0 Å². The number of halogens is 3. The maximum absolute atomic E-state index is 13.3. The number of rotatable bonds is 4. The van der Waals surface area contributed by atoms with E-state index in [2.05, 4.69) is 5.32 Å². The van der Waals surface area contributed by atoms with Gasteiger partial charge in [0.2, 0.25) is 0 Å². The third-order valence-electron chi connectivity index (χ3n) is 2.81. The summed E-state index contributed by atoms with van der Waals surface area (Å²) in [6.45, 7) is 0.367. The van der Waals surface area contributed by atoms with Crippen LogP contribution in [0.4, 0.5) is 4.39 Å². The van der Waals surface area contributed by atoms with Crippen LogP contribution in [0.2, 0.25) is 5.02 Å². The highest BCUT2D eigenvalue weighted by molar-refractivity contribution is 6.30. The van der Waals surface area contributed by atoms with Crippen molar-refractivity contribution < 1.29 is 9.18 Å². The molecule has 0 saturated heterocycles. The summed E-state index contributed by atoms with van der Waals surface area (Å²) in [7, 11) is 0. The molecule has 5 heteroatoms. The molecule has 2 aromatic carbocycles. The Hall–Kier alpha value is -1.58. The molecule has 0 aromatic heterocycles. The second kappa shape index (κ2) is 6.73. The smallest absolute Gasteiger partial charge is 0.251 e. The summed E-state index contributed by atoms with van der Waals surface area (Å²) >= 11 is 11.3. The molecule has 0 heterocycles. The Morgan fingerprint density at radius 3 is 2.35 bits per heavy atom. The first-order valence-electron chi connectivity index (χ1n) is 5.97. The minimum Gasteiger partial charge on any atom is -0.348 e. The molecule has 2 nitrogen and oxygen atoms in total. The summed E-state index contributed by atoms with van der Waals surface area (Å²) in [5.41, 5.74) is 2.20. The van der Waals surface area contributed by atoms with E-state index in [4.69, 9.17) is 23.2 Å². The average molecular weight is 312 g/mol. The van der Waals surface area contributed by atoms with Crippen LogP contribution in [0.25, 0.3) is 0 Å². The number of nitrogens with one attached hydrogen (secondary N) is 1. The third-order valence-corrected chi connectivity index (χ3v) is 3.43. The van der Waals surface area contributed by atoms with E-state index in [1.165, 1.54) is 12.1 Å². The Bertz CT molecular complexity index is 614. The fourth-order valence-corrected chi connectivity index (χ4v) is 1.96. The van der Waals surface area contributed by atoms with E-state index in [1.54, 1.807) is 0 Å². The molecular weight excluding hydrogens is 300 g/mol. The van der Waals surface area contributed by atoms with E-state index in [0.29, 0.717) is 12.4 Å². The van der Waals surface area contributed by atoms with Gasteiger partial charge in [-0.1, -0.05) is 35.9 Å². The summed E-state index contributed by atoms with van der Waals surface area (Å²) in [5, 5.41) is 2.72. The van der Waals surface area contributed by atoms with Gasteiger partial charge in [-0.25, -0.2) is 4.39 Å². The van der Waals surface area contributed by atoms with Gasteiger partial charge < -0.3 is 5.32 Å². The molecule has 0 atom stereocenters. The van der Waals surface area contributed by atoms with Crippen LogP contribution < -0.4 is 5.32 Å². The van der Waals surface area contributed by atoms with Crippen molar-refractivity contribution in [3.05, 3.63) is 70.0 Å². The van der Waals surface area contributed by atoms with Gasteiger partial charge in [0, 0.05) is 18.0 Å². The number of hydrogen-bond donors (Lipinski definition) is 1. The van der Waals surface area contributed by atoms with Crippen molar-refractivity contribution in [2.45, 2.75) is 12.4 Å².